The van der Waals surface area contributed by atoms with E-state index in [-0.39, 0.29) is 18.7 Å². The largest absolute Gasteiger partial charge is 0.492 e. The van der Waals surface area contributed by atoms with Crippen LogP contribution in [-0.4, -0.2) is 30.0 Å². The van der Waals surface area contributed by atoms with E-state index < -0.39 is 23.3 Å². The third-order valence-electron chi connectivity index (χ3n) is 4.25. The molecule has 1 aliphatic rings. The summed E-state index contributed by atoms with van der Waals surface area (Å²) >= 11 is 0. The summed E-state index contributed by atoms with van der Waals surface area (Å²) in [5, 5.41) is 11.3. The van der Waals surface area contributed by atoms with Gasteiger partial charge in [-0.3, -0.25) is 9.69 Å². The molecule has 0 spiro atoms. The van der Waals surface area contributed by atoms with Gasteiger partial charge < -0.3 is 10.1 Å². The number of amides is 3. The molecule has 1 unspecified atom stereocenters. The fourth-order valence-electron chi connectivity index (χ4n) is 2.83. The Kier molecular flexibility index (Phi) is 4.59. The number of ether oxygens (including phenoxy) is 1. The highest BCUT2D eigenvalue weighted by molar-refractivity contribution is 6.07. The van der Waals surface area contributed by atoms with Crippen molar-refractivity contribution in [2.45, 2.75) is 12.5 Å². The maximum Gasteiger partial charge on any atom is 0.325 e. The summed E-state index contributed by atoms with van der Waals surface area (Å²) in [6.07, 6.45) is 0. The molecule has 1 aliphatic heterocycles. The van der Waals surface area contributed by atoms with E-state index in [4.69, 9.17) is 10.00 Å². The Morgan fingerprint density at radius 2 is 1.88 bits per heavy atom. The van der Waals surface area contributed by atoms with Crippen LogP contribution in [0.5, 0.6) is 5.75 Å². The average molecular weight is 353 g/mol. The first kappa shape index (κ1) is 17.4. The molecule has 1 atom stereocenters. The van der Waals surface area contributed by atoms with Crippen LogP contribution in [0.15, 0.2) is 48.5 Å². The van der Waals surface area contributed by atoms with Crippen LogP contribution in [0.2, 0.25) is 0 Å². The zero-order valence-electron chi connectivity index (χ0n) is 14.0. The van der Waals surface area contributed by atoms with Crippen molar-refractivity contribution in [1.82, 2.24) is 10.2 Å². The standard InChI is InChI=1S/C19H16FN3O3/c1-19(15-4-2-3-5-16(15)20)17(24)23(18(25)22-19)10-11-26-14-8-6-13(12-21)7-9-14/h2-9H,10-11H2,1H3,(H,22,25). The first-order valence-corrected chi connectivity index (χ1v) is 7.98. The maximum atomic E-state index is 14.1. The van der Waals surface area contributed by atoms with E-state index in [0.29, 0.717) is 11.3 Å². The smallest absolute Gasteiger partial charge is 0.325 e. The molecule has 132 valence electrons. The van der Waals surface area contributed by atoms with Crippen LogP contribution in [0.25, 0.3) is 0 Å². The number of urea groups is 1. The number of carbonyl (C=O) groups is 2. The fourth-order valence-corrected chi connectivity index (χ4v) is 2.83. The fraction of sp³-hybridized carbons (Fsp3) is 0.211. The van der Waals surface area contributed by atoms with Crippen molar-refractivity contribution in [3.8, 4) is 11.8 Å². The first-order valence-electron chi connectivity index (χ1n) is 7.98. The highest BCUT2D eigenvalue weighted by Gasteiger charge is 2.49. The van der Waals surface area contributed by atoms with E-state index in [1.54, 1.807) is 30.3 Å². The zero-order chi connectivity index (χ0) is 18.7. The Labute approximate surface area is 149 Å². The predicted octanol–water partition coefficient (Wildman–Crippen LogP) is 2.54. The number of nitriles is 1. The van der Waals surface area contributed by atoms with Crippen molar-refractivity contribution in [1.29, 1.82) is 5.26 Å². The molecule has 0 aliphatic carbocycles. The van der Waals surface area contributed by atoms with Crippen LogP contribution in [0.3, 0.4) is 0 Å². The third kappa shape index (κ3) is 3.09. The Hall–Kier alpha value is -3.40. The summed E-state index contributed by atoms with van der Waals surface area (Å²) in [7, 11) is 0. The number of benzene rings is 2. The lowest BCUT2D eigenvalue weighted by Crippen LogP contribution is -2.42. The highest BCUT2D eigenvalue weighted by atomic mass is 19.1. The van der Waals surface area contributed by atoms with Crippen LogP contribution >= 0.6 is 0 Å². The molecule has 1 saturated heterocycles. The van der Waals surface area contributed by atoms with E-state index in [0.717, 1.165) is 4.90 Å². The minimum absolute atomic E-state index is 0.0225. The number of imide groups is 1. The van der Waals surface area contributed by atoms with Gasteiger partial charge >= 0.3 is 6.03 Å². The van der Waals surface area contributed by atoms with Crippen molar-refractivity contribution < 1.29 is 18.7 Å². The van der Waals surface area contributed by atoms with E-state index in [1.165, 1.54) is 25.1 Å². The minimum atomic E-state index is -1.45. The number of nitrogens with zero attached hydrogens (tertiary/aromatic N) is 2. The molecular formula is C19H16FN3O3. The molecule has 7 heteroatoms. The van der Waals surface area contributed by atoms with Gasteiger partial charge in [0.05, 0.1) is 18.2 Å². The van der Waals surface area contributed by atoms with Crippen molar-refractivity contribution in [3.63, 3.8) is 0 Å². The van der Waals surface area contributed by atoms with Crippen LogP contribution in [0.4, 0.5) is 9.18 Å². The molecule has 2 aromatic rings. The monoisotopic (exact) mass is 353 g/mol. The van der Waals surface area contributed by atoms with Gasteiger partial charge in [-0.05, 0) is 37.3 Å². The Bertz CT molecular complexity index is 892. The average Bonchev–Trinajstić information content (AvgIpc) is 2.86. The SMILES string of the molecule is CC1(c2ccccc2F)NC(=O)N(CCOc2ccc(C#N)cc2)C1=O. The van der Waals surface area contributed by atoms with Gasteiger partial charge in [0.15, 0.2) is 0 Å². The summed E-state index contributed by atoms with van der Waals surface area (Å²) in [5.41, 5.74) is -0.822. The van der Waals surface area contributed by atoms with Crippen molar-refractivity contribution >= 4 is 11.9 Å². The molecule has 3 amide bonds. The molecule has 1 fully saturated rings. The van der Waals surface area contributed by atoms with Crippen LogP contribution in [-0.2, 0) is 10.3 Å². The lowest BCUT2D eigenvalue weighted by atomic mass is 9.91. The summed E-state index contributed by atoms with van der Waals surface area (Å²) in [6, 6.07) is 13.7. The molecule has 0 radical (unpaired) electrons. The van der Waals surface area contributed by atoms with Crippen molar-refractivity contribution in [2.24, 2.45) is 0 Å². The van der Waals surface area contributed by atoms with E-state index in [1.807, 2.05) is 6.07 Å². The molecule has 1 heterocycles. The van der Waals surface area contributed by atoms with Crippen LogP contribution in [0, 0.1) is 17.1 Å². The van der Waals surface area contributed by atoms with E-state index in [9.17, 15) is 14.0 Å². The molecule has 6 nitrogen and oxygen atoms in total. The Balaban J connectivity index is 1.67. The summed E-state index contributed by atoms with van der Waals surface area (Å²) < 4.78 is 19.6. The van der Waals surface area contributed by atoms with Crippen molar-refractivity contribution in [2.75, 3.05) is 13.2 Å². The molecule has 1 N–H and O–H groups in total. The second-order valence-corrected chi connectivity index (χ2v) is 5.98. The summed E-state index contributed by atoms with van der Waals surface area (Å²) in [4.78, 5) is 25.9. The molecule has 2 aromatic carbocycles. The van der Waals surface area contributed by atoms with Crippen LogP contribution < -0.4 is 10.1 Å². The number of halogens is 1. The number of nitrogens with one attached hydrogen (secondary N) is 1. The molecular weight excluding hydrogens is 337 g/mol. The van der Waals surface area contributed by atoms with Gasteiger partial charge in [0.1, 0.15) is 23.7 Å². The predicted molar refractivity (Wildman–Crippen MR) is 90.6 cm³/mol. The molecule has 0 aromatic heterocycles. The molecule has 0 bridgehead atoms. The second-order valence-electron chi connectivity index (χ2n) is 5.98. The molecule has 26 heavy (non-hydrogen) atoms. The Morgan fingerprint density at radius 1 is 1.19 bits per heavy atom. The third-order valence-corrected chi connectivity index (χ3v) is 4.25. The summed E-state index contributed by atoms with van der Waals surface area (Å²) in [6.45, 7) is 1.58. The zero-order valence-corrected chi connectivity index (χ0v) is 14.0. The van der Waals surface area contributed by atoms with Gasteiger partial charge in [0.2, 0.25) is 0 Å². The normalized spacial score (nSPS) is 19.2. The van der Waals surface area contributed by atoms with Gasteiger partial charge in [0, 0.05) is 5.56 Å². The second kappa shape index (κ2) is 6.84. The Morgan fingerprint density at radius 3 is 2.54 bits per heavy atom. The highest BCUT2D eigenvalue weighted by Crippen LogP contribution is 2.30. The maximum absolute atomic E-state index is 14.1. The number of hydrogen-bond donors (Lipinski definition) is 1. The number of carbonyl (C=O) groups excluding carboxylic acids is 2. The number of rotatable bonds is 5. The van der Waals surface area contributed by atoms with Crippen LogP contribution in [0.1, 0.15) is 18.1 Å². The lowest BCUT2D eigenvalue weighted by Gasteiger charge is -2.22. The van der Waals surface area contributed by atoms with Gasteiger partial charge in [-0.1, -0.05) is 18.2 Å². The topological polar surface area (TPSA) is 82.4 Å². The van der Waals surface area contributed by atoms with Crippen molar-refractivity contribution in [3.05, 3.63) is 65.5 Å². The quantitative estimate of drug-likeness (QED) is 0.838. The van der Waals surface area contributed by atoms with Gasteiger partial charge in [-0.25, -0.2) is 9.18 Å². The first-order chi connectivity index (χ1) is 12.5. The van der Waals surface area contributed by atoms with Gasteiger partial charge in [0.25, 0.3) is 5.91 Å². The summed E-state index contributed by atoms with van der Waals surface area (Å²) in [5.74, 6) is -0.566. The minimum Gasteiger partial charge on any atom is -0.492 e. The van der Waals surface area contributed by atoms with Gasteiger partial charge in [-0.2, -0.15) is 5.26 Å². The number of hydrogen-bond acceptors (Lipinski definition) is 4. The molecule has 3 rings (SSSR count). The van der Waals surface area contributed by atoms with Gasteiger partial charge in [-0.15, -0.1) is 0 Å². The molecule has 0 saturated carbocycles. The van der Waals surface area contributed by atoms with E-state index >= 15 is 0 Å². The van der Waals surface area contributed by atoms with E-state index in [2.05, 4.69) is 5.32 Å². The lowest BCUT2D eigenvalue weighted by molar-refractivity contribution is -0.131.